The number of carbonyl (C=O) groups excluding carboxylic acids is 1. The SMILES string of the molecule is CC(CC1COCCN1C(=O)OC(C)(C)C)NCCN. The molecule has 1 rings (SSSR count). The molecule has 1 saturated heterocycles. The summed E-state index contributed by atoms with van der Waals surface area (Å²) in [6.07, 6.45) is 0.580. The summed E-state index contributed by atoms with van der Waals surface area (Å²) in [5, 5.41) is 3.33. The Morgan fingerprint density at radius 2 is 2.25 bits per heavy atom. The smallest absolute Gasteiger partial charge is 0.410 e. The van der Waals surface area contributed by atoms with Gasteiger partial charge in [0.2, 0.25) is 0 Å². The summed E-state index contributed by atoms with van der Waals surface area (Å²) in [5.41, 5.74) is 5.01. The topological polar surface area (TPSA) is 76.8 Å². The molecule has 0 bridgehead atoms. The molecule has 0 saturated carbocycles. The number of hydrogen-bond acceptors (Lipinski definition) is 5. The van der Waals surface area contributed by atoms with Gasteiger partial charge in [0, 0.05) is 25.7 Å². The molecule has 1 heterocycles. The van der Waals surface area contributed by atoms with Crippen LogP contribution in [-0.4, -0.2) is 61.5 Å². The molecule has 118 valence electrons. The largest absolute Gasteiger partial charge is 0.444 e. The standard InChI is InChI=1S/C14H29N3O3/c1-11(16-6-5-15)9-12-10-19-8-7-17(12)13(18)20-14(2,3)4/h11-12,16H,5-10,15H2,1-4H3. The van der Waals surface area contributed by atoms with Crippen molar-refractivity contribution in [2.45, 2.75) is 51.8 Å². The van der Waals surface area contributed by atoms with Gasteiger partial charge in [0.1, 0.15) is 5.60 Å². The normalized spacial score (nSPS) is 21.6. The minimum atomic E-state index is -0.469. The van der Waals surface area contributed by atoms with Crippen molar-refractivity contribution in [2.75, 3.05) is 32.8 Å². The molecule has 0 radical (unpaired) electrons. The van der Waals surface area contributed by atoms with Crippen molar-refractivity contribution < 1.29 is 14.3 Å². The van der Waals surface area contributed by atoms with Crippen molar-refractivity contribution in [3.05, 3.63) is 0 Å². The number of nitrogens with one attached hydrogen (secondary N) is 1. The second-order valence-corrected chi connectivity index (χ2v) is 6.28. The molecule has 6 heteroatoms. The van der Waals surface area contributed by atoms with Crippen molar-refractivity contribution in [1.29, 1.82) is 0 Å². The summed E-state index contributed by atoms with van der Waals surface area (Å²) < 4.78 is 11.0. The minimum Gasteiger partial charge on any atom is -0.444 e. The van der Waals surface area contributed by atoms with E-state index in [1.807, 2.05) is 20.8 Å². The molecule has 6 nitrogen and oxygen atoms in total. The molecule has 0 aromatic rings. The lowest BCUT2D eigenvalue weighted by atomic mass is 10.1. The number of amides is 1. The molecule has 1 aliphatic rings. The van der Waals surface area contributed by atoms with Gasteiger partial charge in [0.15, 0.2) is 0 Å². The van der Waals surface area contributed by atoms with Gasteiger partial charge in [-0.05, 0) is 34.1 Å². The number of carbonyl (C=O) groups is 1. The quantitative estimate of drug-likeness (QED) is 0.787. The molecule has 0 aliphatic carbocycles. The van der Waals surface area contributed by atoms with Crippen LogP contribution in [0.2, 0.25) is 0 Å². The molecule has 3 N–H and O–H groups in total. The molecule has 2 unspecified atom stereocenters. The third-order valence-corrected chi connectivity index (χ3v) is 3.12. The molecule has 0 aromatic carbocycles. The fraction of sp³-hybridized carbons (Fsp3) is 0.929. The third kappa shape index (κ3) is 6.07. The molecular weight excluding hydrogens is 258 g/mol. The lowest BCUT2D eigenvalue weighted by Crippen LogP contribution is -2.52. The summed E-state index contributed by atoms with van der Waals surface area (Å²) in [5.74, 6) is 0. The van der Waals surface area contributed by atoms with E-state index >= 15 is 0 Å². The predicted octanol–water partition coefficient (Wildman–Crippen LogP) is 0.949. The molecule has 1 fully saturated rings. The first-order valence-corrected chi connectivity index (χ1v) is 7.34. The first kappa shape index (κ1) is 17.2. The number of ether oxygens (including phenoxy) is 2. The van der Waals surface area contributed by atoms with Gasteiger partial charge in [-0.3, -0.25) is 0 Å². The van der Waals surface area contributed by atoms with E-state index in [4.69, 9.17) is 15.2 Å². The Bertz CT molecular complexity index is 305. The summed E-state index contributed by atoms with van der Waals surface area (Å²) in [6, 6.07) is 0.342. The van der Waals surface area contributed by atoms with Crippen LogP contribution in [0, 0.1) is 0 Å². The highest BCUT2D eigenvalue weighted by Crippen LogP contribution is 2.17. The lowest BCUT2D eigenvalue weighted by Gasteiger charge is -2.37. The van der Waals surface area contributed by atoms with E-state index in [1.165, 1.54) is 0 Å². The Balaban J connectivity index is 2.55. The highest BCUT2D eigenvalue weighted by molar-refractivity contribution is 5.68. The van der Waals surface area contributed by atoms with Crippen LogP contribution in [-0.2, 0) is 9.47 Å². The van der Waals surface area contributed by atoms with Gasteiger partial charge in [-0.25, -0.2) is 4.79 Å². The van der Waals surface area contributed by atoms with E-state index < -0.39 is 5.60 Å². The number of nitrogens with zero attached hydrogens (tertiary/aromatic N) is 1. The van der Waals surface area contributed by atoms with Crippen molar-refractivity contribution in [1.82, 2.24) is 10.2 Å². The van der Waals surface area contributed by atoms with E-state index in [0.29, 0.717) is 26.3 Å². The van der Waals surface area contributed by atoms with E-state index in [0.717, 1.165) is 13.0 Å². The Morgan fingerprint density at radius 3 is 2.85 bits per heavy atom. The van der Waals surface area contributed by atoms with Gasteiger partial charge >= 0.3 is 6.09 Å². The van der Waals surface area contributed by atoms with Gasteiger partial charge in [-0.2, -0.15) is 0 Å². The second-order valence-electron chi connectivity index (χ2n) is 6.28. The third-order valence-electron chi connectivity index (χ3n) is 3.12. The van der Waals surface area contributed by atoms with Crippen LogP contribution >= 0.6 is 0 Å². The number of nitrogens with two attached hydrogens (primary N) is 1. The maximum atomic E-state index is 12.2. The summed E-state index contributed by atoms with van der Waals surface area (Å²) in [7, 11) is 0. The molecule has 20 heavy (non-hydrogen) atoms. The maximum Gasteiger partial charge on any atom is 0.410 e. The maximum absolute atomic E-state index is 12.2. The average Bonchev–Trinajstić information content (AvgIpc) is 2.35. The van der Waals surface area contributed by atoms with Crippen LogP contribution in [0.1, 0.15) is 34.1 Å². The summed E-state index contributed by atoms with van der Waals surface area (Å²) in [6.45, 7) is 10.8. The summed E-state index contributed by atoms with van der Waals surface area (Å²) in [4.78, 5) is 14.0. The van der Waals surface area contributed by atoms with Crippen LogP contribution in [0.5, 0.6) is 0 Å². The molecule has 0 aromatic heterocycles. The minimum absolute atomic E-state index is 0.0545. The Hall–Kier alpha value is -0.850. The Labute approximate surface area is 122 Å². The van der Waals surface area contributed by atoms with Crippen LogP contribution < -0.4 is 11.1 Å². The molecule has 2 atom stereocenters. The van der Waals surface area contributed by atoms with Crippen LogP contribution in [0.4, 0.5) is 4.79 Å². The highest BCUT2D eigenvalue weighted by Gasteiger charge is 2.31. The fourth-order valence-electron chi connectivity index (χ4n) is 2.23. The van der Waals surface area contributed by atoms with Gasteiger partial charge in [0.05, 0.1) is 19.3 Å². The molecule has 1 aliphatic heterocycles. The molecule has 0 spiro atoms. The zero-order chi connectivity index (χ0) is 15.2. The summed E-state index contributed by atoms with van der Waals surface area (Å²) >= 11 is 0. The van der Waals surface area contributed by atoms with Crippen LogP contribution in [0.25, 0.3) is 0 Å². The van der Waals surface area contributed by atoms with E-state index in [1.54, 1.807) is 4.90 Å². The van der Waals surface area contributed by atoms with Gasteiger partial charge in [0.25, 0.3) is 0 Å². The van der Waals surface area contributed by atoms with Gasteiger partial charge < -0.3 is 25.4 Å². The number of rotatable bonds is 5. The van der Waals surface area contributed by atoms with Crippen LogP contribution in [0.3, 0.4) is 0 Å². The van der Waals surface area contributed by atoms with Gasteiger partial charge in [-0.15, -0.1) is 0 Å². The number of hydrogen-bond donors (Lipinski definition) is 2. The Kier molecular flexibility index (Phi) is 6.71. The first-order chi connectivity index (χ1) is 9.33. The van der Waals surface area contributed by atoms with E-state index in [2.05, 4.69) is 12.2 Å². The van der Waals surface area contributed by atoms with Crippen molar-refractivity contribution in [3.63, 3.8) is 0 Å². The highest BCUT2D eigenvalue weighted by atomic mass is 16.6. The first-order valence-electron chi connectivity index (χ1n) is 7.34. The second kappa shape index (κ2) is 7.81. The van der Waals surface area contributed by atoms with Gasteiger partial charge in [-0.1, -0.05) is 0 Å². The predicted molar refractivity (Wildman–Crippen MR) is 78.7 cm³/mol. The van der Waals surface area contributed by atoms with E-state index in [9.17, 15) is 4.79 Å². The van der Waals surface area contributed by atoms with Crippen molar-refractivity contribution in [3.8, 4) is 0 Å². The van der Waals surface area contributed by atoms with E-state index in [-0.39, 0.29) is 18.2 Å². The number of morpholine rings is 1. The zero-order valence-corrected chi connectivity index (χ0v) is 13.1. The zero-order valence-electron chi connectivity index (χ0n) is 13.1. The van der Waals surface area contributed by atoms with Crippen molar-refractivity contribution in [2.24, 2.45) is 5.73 Å². The van der Waals surface area contributed by atoms with Crippen LogP contribution in [0.15, 0.2) is 0 Å². The monoisotopic (exact) mass is 287 g/mol. The van der Waals surface area contributed by atoms with Crippen molar-refractivity contribution >= 4 is 6.09 Å². The lowest BCUT2D eigenvalue weighted by molar-refractivity contribution is -0.0355. The Morgan fingerprint density at radius 1 is 1.55 bits per heavy atom. The average molecular weight is 287 g/mol. The molecule has 1 amide bonds. The fourth-order valence-corrected chi connectivity index (χ4v) is 2.23. The molecular formula is C14H29N3O3.